The molecule has 2 saturated heterocycles. The fraction of sp³-hybridized carbons (Fsp3) is 0.583. The van der Waals surface area contributed by atoms with Crippen LogP contribution >= 0.6 is 24.0 Å². The molecule has 0 aliphatic carbocycles. The Labute approximate surface area is 200 Å². The maximum Gasteiger partial charge on any atom is 0.270 e. The molecule has 1 aromatic heterocycles. The zero-order valence-corrected chi connectivity index (χ0v) is 21.2. The van der Waals surface area contributed by atoms with Crippen molar-refractivity contribution in [1.29, 1.82) is 5.26 Å². The molecule has 0 spiro atoms. The SMILES string of the molecule is CCCn1c(N2CCC(C)CC2)c(C=C2SC(=S)N(CC(C)C)C2=O)c(C)c(C#N)c1=O. The molecule has 6 nitrogen and oxygen atoms in total. The van der Waals surface area contributed by atoms with Gasteiger partial charge >= 0.3 is 0 Å². The van der Waals surface area contributed by atoms with Crippen molar-refractivity contribution in [2.45, 2.75) is 60.4 Å². The van der Waals surface area contributed by atoms with E-state index in [9.17, 15) is 14.9 Å². The number of piperidine rings is 1. The number of hydrogen-bond donors (Lipinski definition) is 0. The molecule has 3 heterocycles. The molecule has 0 bridgehead atoms. The summed E-state index contributed by atoms with van der Waals surface area (Å²) in [6.07, 6.45) is 4.74. The van der Waals surface area contributed by atoms with E-state index in [-0.39, 0.29) is 17.0 Å². The number of hydrogen-bond acceptors (Lipinski definition) is 6. The van der Waals surface area contributed by atoms with E-state index in [4.69, 9.17) is 12.2 Å². The van der Waals surface area contributed by atoms with Crippen molar-refractivity contribution in [3.05, 3.63) is 31.9 Å². The van der Waals surface area contributed by atoms with Crippen LogP contribution in [0.4, 0.5) is 5.82 Å². The third-order valence-corrected chi connectivity index (χ3v) is 7.45. The minimum absolute atomic E-state index is 0.0990. The number of pyridine rings is 1. The van der Waals surface area contributed by atoms with Crippen molar-refractivity contribution in [2.24, 2.45) is 11.8 Å². The van der Waals surface area contributed by atoms with Crippen molar-refractivity contribution in [2.75, 3.05) is 24.5 Å². The van der Waals surface area contributed by atoms with Crippen molar-refractivity contribution >= 4 is 46.1 Å². The molecule has 0 atom stereocenters. The Kier molecular flexibility index (Phi) is 7.84. The van der Waals surface area contributed by atoms with E-state index in [1.807, 2.05) is 19.9 Å². The Bertz CT molecular complexity index is 1040. The highest BCUT2D eigenvalue weighted by molar-refractivity contribution is 8.26. The number of carbonyl (C=O) groups is 1. The smallest absolute Gasteiger partial charge is 0.270 e. The number of nitriles is 1. The Morgan fingerprint density at radius 2 is 1.94 bits per heavy atom. The largest absolute Gasteiger partial charge is 0.357 e. The van der Waals surface area contributed by atoms with Gasteiger partial charge in [0.05, 0.1) is 4.91 Å². The minimum atomic E-state index is -0.245. The predicted octanol–water partition coefficient (Wildman–Crippen LogP) is 4.53. The first-order valence-corrected chi connectivity index (χ1v) is 12.6. The summed E-state index contributed by atoms with van der Waals surface area (Å²) < 4.78 is 2.30. The molecule has 1 amide bonds. The van der Waals surface area contributed by atoms with Crippen LogP contribution in [0.2, 0.25) is 0 Å². The van der Waals surface area contributed by atoms with E-state index in [2.05, 4.69) is 31.7 Å². The Morgan fingerprint density at radius 3 is 2.50 bits per heavy atom. The lowest BCUT2D eigenvalue weighted by Crippen LogP contribution is -2.39. The van der Waals surface area contributed by atoms with Crippen LogP contribution < -0.4 is 10.5 Å². The van der Waals surface area contributed by atoms with Gasteiger partial charge in [-0.1, -0.05) is 51.7 Å². The van der Waals surface area contributed by atoms with E-state index in [0.29, 0.717) is 39.7 Å². The summed E-state index contributed by atoms with van der Waals surface area (Å²) in [7, 11) is 0. The summed E-state index contributed by atoms with van der Waals surface area (Å²) >= 11 is 6.78. The minimum Gasteiger partial charge on any atom is -0.357 e. The molecule has 0 N–H and O–H groups in total. The van der Waals surface area contributed by atoms with Gasteiger partial charge in [-0.05, 0) is 49.7 Å². The first-order valence-electron chi connectivity index (χ1n) is 11.4. The highest BCUT2D eigenvalue weighted by Gasteiger charge is 2.33. The second kappa shape index (κ2) is 10.2. The lowest BCUT2D eigenvalue weighted by atomic mass is 9.97. The van der Waals surface area contributed by atoms with E-state index in [1.54, 1.807) is 9.47 Å². The number of thiocarbonyl (C=S) groups is 1. The summed E-state index contributed by atoms with van der Waals surface area (Å²) in [6, 6.07) is 2.11. The van der Waals surface area contributed by atoms with E-state index in [0.717, 1.165) is 43.7 Å². The van der Waals surface area contributed by atoms with Crippen LogP contribution in [0.5, 0.6) is 0 Å². The lowest BCUT2D eigenvalue weighted by Gasteiger charge is -2.35. The third-order valence-electron chi connectivity index (χ3n) is 6.07. The number of aromatic nitrogens is 1. The normalized spacial score (nSPS) is 18.8. The molecular formula is C24H32N4O2S2. The molecule has 0 saturated carbocycles. The molecule has 0 radical (unpaired) electrons. The molecule has 2 fully saturated rings. The predicted molar refractivity (Wildman–Crippen MR) is 136 cm³/mol. The number of amides is 1. The summed E-state index contributed by atoms with van der Waals surface area (Å²) in [5.74, 6) is 1.68. The number of nitrogens with zero attached hydrogens (tertiary/aromatic N) is 4. The monoisotopic (exact) mass is 472 g/mol. The third kappa shape index (κ3) is 4.79. The average molecular weight is 473 g/mol. The van der Waals surface area contributed by atoms with Crippen molar-refractivity contribution < 1.29 is 4.79 Å². The molecule has 2 aliphatic rings. The van der Waals surface area contributed by atoms with Gasteiger partial charge in [-0.25, -0.2) is 0 Å². The van der Waals surface area contributed by atoms with Gasteiger partial charge < -0.3 is 4.90 Å². The Hall–Kier alpha value is -2.11. The van der Waals surface area contributed by atoms with Crippen LogP contribution in [0.25, 0.3) is 6.08 Å². The van der Waals surface area contributed by atoms with E-state index >= 15 is 0 Å². The number of thioether (sulfide) groups is 1. The molecule has 3 rings (SSSR count). The highest BCUT2D eigenvalue weighted by atomic mass is 32.2. The summed E-state index contributed by atoms with van der Waals surface area (Å²) in [6.45, 7) is 13.0. The number of carbonyl (C=O) groups excluding carboxylic acids is 1. The molecule has 172 valence electrons. The molecule has 2 aliphatic heterocycles. The molecule has 1 aromatic rings. The van der Waals surface area contributed by atoms with Crippen LogP contribution in [0.3, 0.4) is 0 Å². The zero-order chi connectivity index (χ0) is 23.6. The van der Waals surface area contributed by atoms with E-state index < -0.39 is 0 Å². The average Bonchev–Trinajstić information content (AvgIpc) is 3.00. The van der Waals surface area contributed by atoms with Gasteiger partial charge in [0, 0.05) is 31.7 Å². The Balaban J connectivity index is 2.20. The van der Waals surface area contributed by atoms with Gasteiger partial charge in [-0.15, -0.1) is 0 Å². The van der Waals surface area contributed by atoms with Gasteiger partial charge in [-0.3, -0.25) is 19.1 Å². The molecule has 8 heteroatoms. The lowest BCUT2D eigenvalue weighted by molar-refractivity contribution is -0.122. The quantitative estimate of drug-likeness (QED) is 0.447. The van der Waals surface area contributed by atoms with Crippen LogP contribution in [-0.4, -0.2) is 39.3 Å². The van der Waals surface area contributed by atoms with Crippen molar-refractivity contribution in [3.8, 4) is 6.07 Å². The topological polar surface area (TPSA) is 69.3 Å². The first kappa shape index (κ1) is 24.5. The maximum atomic E-state index is 13.2. The van der Waals surface area contributed by atoms with Crippen molar-refractivity contribution in [3.63, 3.8) is 0 Å². The van der Waals surface area contributed by atoms with Gasteiger partial charge in [-0.2, -0.15) is 5.26 Å². The van der Waals surface area contributed by atoms with E-state index in [1.165, 1.54) is 11.8 Å². The fourth-order valence-corrected chi connectivity index (χ4v) is 5.55. The second-order valence-electron chi connectivity index (χ2n) is 9.16. The molecule has 0 unspecified atom stereocenters. The summed E-state index contributed by atoms with van der Waals surface area (Å²) in [5, 5.41) is 9.75. The van der Waals surface area contributed by atoms with Gasteiger partial charge in [0.25, 0.3) is 11.5 Å². The van der Waals surface area contributed by atoms with Crippen LogP contribution in [-0.2, 0) is 11.3 Å². The summed E-state index contributed by atoms with van der Waals surface area (Å²) in [5.41, 5.74) is 1.32. The van der Waals surface area contributed by atoms with Gasteiger partial charge in [0.1, 0.15) is 21.8 Å². The first-order chi connectivity index (χ1) is 15.2. The fourth-order valence-electron chi connectivity index (χ4n) is 4.29. The van der Waals surface area contributed by atoms with Crippen molar-refractivity contribution in [1.82, 2.24) is 9.47 Å². The standard InChI is InChI=1S/C24H32N4O2S2/c1-6-9-27-21(26-10-7-16(4)8-11-26)18(17(5)19(13-25)22(27)29)12-20-23(30)28(14-15(2)3)24(31)32-20/h12,15-16H,6-11,14H2,1-5H3. The number of anilines is 1. The van der Waals surface area contributed by atoms with Crippen LogP contribution in [0.15, 0.2) is 9.70 Å². The van der Waals surface area contributed by atoms with Crippen LogP contribution in [0.1, 0.15) is 63.6 Å². The number of rotatable bonds is 6. The van der Waals surface area contributed by atoms with Gasteiger partial charge in [0.15, 0.2) is 0 Å². The Morgan fingerprint density at radius 1 is 1.28 bits per heavy atom. The van der Waals surface area contributed by atoms with Gasteiger partial charge in [0.2, 0.25) is 0 Å². The maximum absolute atomic E-state index is 13.2. The summed E-state index contributed by atoms with van der Waals surface area (Å²) in [4.78, 5) is 30.8. The zero-order valence-electron chi connectivity index (χ0n) is 19.6. The molecule has 32 heavy (non-hydrogen) atoms. The second-order valence-corrected chi connectivity index (χ2v) is 10.8. The molecule has 0 aromatic carbocycles. The highest BCUT2D eigenvalue weighted by Crippen LogP contribution is 2.37. The van der Waals surface area contributed by atoms with Crippen LogP contribution in [0, 0.1) is 30.1 Å². The molecular weight excluding hydrogens is 440 g/mol.